The molecule has 5 aliphatic rings. The van der Waals surface area contributed by atoms with E-state index < -0.39 is 14.1 Å². The van der Waals surface area contributed by atoms with E-state index in [1.54, 1.807) is 0 Å². The average molecular weight is 423 g/mol. The molecule has 3 aliphatic carbocycles. The largest absolute Gasteiger partial charge is 0.413 e. The fourth-order valence-corrected chi connectivity index (χ4v) is 8.73. The van der Waals surface area contributed by atoms with Gasteiger partial charge in [0, 0.05) is 5.41 Å². The molecule has 0 N–H and O–H groups in total. The summed E-state index contributed by atoms with van der Waals surface area (Å²) in [6.07, 6.45) is 8.24. The van der Waals surface area contributed by atoms with Crippen molar-refractivity contribution in [3.8, 4) is 0 Å². The van der Waals surface area contributed by atoms with E-state index in [2.05, 4.69) is 54.6 Å². The first-order valence-electron chi connectivity index (χ1n) is 12.0. The van der Waals surface area contributed by atoms with Crippen LogP contribution >= 0.6 is 0 Å². The summed E-state index contributed by atoms with van der Waals surface area (Å²) in [5.74, 6) is 0.513. The topological polar surface area (TPSA) is 40.2 Å². The van der Waals surface area contributed by atoms with Crippen LogP contribution in [0.4, 0.5) is 0 Å². The summed E-state index contributed by atoms with van der Waals surface area (Å²) < 4.78 is 27.5. The van der Waals surface area contributed by atoms with Gasteiger partial charge >= 0.3 is 0 Å². The van der Waals surface area contributed by atoms with E-state index in [9.17, 15) is 0 Å². The summed E-state index contributed by atoms with van der Waals surface area (Å²) in [4.78, 5) is 0. The lowest BCUT2D eigenvalue weighted by molar-refractivity contribution is -0.221. The molecule has 8 atom stereocenters. The van der Waals surface area contributed by atoms with Crippen molar-refractivity contribution in [2.75, 3.05) is 0 Å². The van der Waals surface area contributed by atoms with Gasteiger partial charge in [-0.1, -0.05) is 40.5 Å². The van der Waals surface area contributed by atoms with Crippen molar-refractivity contribution < 1.29 is 18.6 Å². The number of ether oxygens (including phenoxy) is 3. The molecule has 5 rings (SSSR count). The maximum atomic E-state index is 7.41. The second kappa shape index (κ2) is 6.09. The van der Waals surface area contributed by atoms with Crippen molar-refractivity contribution in [3.05, 3.63) is 0 Å². The molecule has 0 amide bonds. The molecule has 0 aromatic rings. The van der Waals surface area contributed by atoms with E-state index in [4.69, 9.17) is 18.6 Å². The Morgan fingerprint density at radius 2 is 1.79 bits per heavy atom. The summed E-state index contributed by atoms with van der Waals surface area (Å²) in [5, 5.41) is 0.210. The predicted octanol–water partition coefficient (Wildman–Crippen LogP) is 5.65. The van der Waals surface area contributed by atoms with Gasteiger partial charge in [-0.2, -0.15) is 0 Å². The zero-order valence-electron chi connectivity index (χ0n) is 19.8. The van der Waals surface area contributed by atoms with Crippen LogP contribution in [0.15, 0.2) is 0 Å². The monoisotopic (exact) mass is 422 g/mol. The highest BCUT2D eigenvalue weighted by molar-refractivity contribution is 6.74. The van der Waals surface area contributed by atoms with Crippen LogP contribution in [0.3, 0.4) is 0 Å². The lowest BCUT2D eigenvalue weighted by Crippen LogP contribution is -2.62. The minimum absolute atomic E-state index is 0.0114. The quantitative estimate of drug-likeness (QED) is 0.425. The Hall–Kier alpha value is 0.0569. The van der Waals surface area contributed by atoms with Crippen LogP contribution in [0.2, 0.25) is 18.1 Å². The molecule has 2 heterocycles. The second-order valence-electron chi connectivity index (χ2n) is 12.8. The van der Waals surface area contributed by atoms with Crippen LogP contribution in [0, 0.1) is 17.3 Å². The fraction of sp³-hybridized carbons (Fsp3) is 1.00. The third-order valence-corrected chi connectivity index (χ3v) is 13.9. The van der Waals surface area contributed by atoms with E-state index in [0.29, 0.717) is 17.9 Å². The van der Waals surface area contributed by atoms with Gasteiger partial charge in [0.1, 0.15) is 11.7 Å². The van der Waals surface area contributed by atoms with Crippen LogP contribution in [0.1, 0.15) is 80.1 Å². The summed E-state index contributed by atoms with van der Waals surface area (Å²) in [6.45, 7) is 18.5. The van der Waals surface area contributed by atoms with Crippen molar-refractivity contribution in [1.82, 2.24) is 0 Å². The second-order valence-corrected chi connectivity index (χ2v) is 17.6. The number of hydrogen-bond acceptors (Lipinski definition) is 4. The molecule has 0 aromatic carbocycles. The standard InChI is InChI=1S/C24H42O4Si/c1-15-14-23-12-10-9-11-16(19(23)27-29(7,8)21(2,3)4)13-17-20(25-17)24(23)18(15)26-22(5,6)28-24/h15-20H,9-14H2,1-8H3/t15-,16?,17?,18+,19?,20?,23?,24-/m1/s1. The molecule has 5 heteroatoms. The van der Waals surface area contributed by atoms with Gasteiger partial charge in [-0.15, -0.1) is 0 Å². The third-order valence-electron chi connectivity index (χ3n) is 9.42. The SMILES string of the molecule is C[C@@H]1CC23CCCCC(CC4OC4[C@@]24OC(C)(C)O[C@@H]14)C3O[Si](C)(C)C(C)(C)C. The number of hydrogen-bond donors (Lipinski definition) is 0. The maximum Gasteiger partial charge on any atom is 0.192 e. The highest BCUT2D eigenvalue weighted by Gasteiger charge is 2.81. The van der Waals surface area contributed by atoms with Gasteiger partial charge in [-0.3, -0.25) is 0 Å². The van der Waals surface area contributed by atoms with Crippen molar-refractivity contribution in [2.45, 2.75) is 134 Å². The zero-order valence-corrected chi connectivity index (χ0v) is 20.8. The number of rotatable bonds is 2. The Labute approximate surface area is 178 Å². The van der Waals surface area contributed by atoms with Crippen molar-refractivity contribution in [1.29, 1.82) is 0 Å². The first kappa shape index (κ1) is 20.9. The van der Waals surface area contributed by atoms with Gasteiger partial charge in [-0.25, -0.2) is 0 Å². The van der Waals surface area contributed by atoms with Crippen LogP contribution < -0.4 is 0 Å². The summed E-state index contributed by atoms with van der Waals surface area (Å²) in [7, 11) is -1.92. The molecular weight excluding hydrogens is 380 g/mol. The Bertz CT molecular complexity index is 685. The Morgan fingerprint density at radius 1 is 1.07 bits per heavy atom. The van der Waals surface area contributed by atoms with Gasteiger partial charge < -0.3 is 18.6 Å². The van der Waals surface area contributed by atoms with Crippen LogP contribution in [-0.2, 0) is 18.6 Å². The number of fused-ring (bicyclic) bond motifs is 2. The molecule has 2 bridgehead atoms. The van der Waals surface area contributed by atoms with Gasteiger partial charge in [-0.05, 0) is 69.5 Å². The summed E-state index contributed by atoms with van der Waals surface area (Å²) >= 11 is 0. The van der Waals surface area contributed by atoms with E-state index >= 15 is 0 Å². The lowest BCUT2D eigenvalue weighted by Gasteiger charge is -2.52. The normalized spacial score (nSPS) is 50.9. The third kappa shape index (κ3) is 2.76. The van der Waals surface area contributed by atoms with E-state index in [1.165, 1.54) is 25.7 Å². The van der Waals surface area contributed by atoms with Gasteiger partial charge in [0.05, 0.1) is 18.3 Å². The molecule has 5 fully saturated rings. The molecule has 2 saturated heterocycles. The average Bonchev–Trinajstić information content (AvgIpc) is 3.27. The van der Waals surface area contributed by atoms with Crippen molar-refractivity contribution in [2.24, 2.45) is 17.3 Å². The van der Waals surface area contributed by atoms with Gasteiger partial charge in [0.2, 0.25) is 0 Å². The molecule has 2 spiro atoms. The predicted molar refractivity (Wildman–Crippen MR) is 116 cm³/mol. The maximum absolute atomic E-state index is 7.41. The van der Waals surface area contributed by atoms with E-state index in [1.807, 2.05) is 0 Å². The van der Waals surface area contributed by atoms with E-state index in [-0.39, 0.29) is 34.4 Å². The Morgan fingerprint density at radius 3 is 2.48 bits per heavy atom. The molecule has 166 valence electrons. The highest BCUT2D eigenvalue weighted by atomic mass is 28.4. The summed E-state index contributed by atoms with van der Waals surface area (Å²) in [5.41, 5.74) is -0.329. The Balaban J connectivity index is 1.65. The Kier molecular flexibility index (Phi) is 4.40. The molecule has 5 unspecified atom stereocenters. The van der Waals surface area contributed by atoms with Crippen LogP contribution in [0.25, 0.3) is 0 Å². The lowest BCUT2D eigenvalue weighted by atomic mass is 9.64. The van der Waals surface area contributed by atoms with Crippen LogP contribution in [0.5, 0.6) is 0 Å². The zero-order chi connectivity index (χ0) is 21.0. The molecule has 2 aliphatic heterocycles. The first-order chi connectivity index (χ1) is 13.3. The van der Waals surface area contributed by atoms with Gasteiger partial charge in [0.15, 0.2) is 14.1 Å². The minimum atomic E-state index is -1.92. The van der Waals surface area contributed by atoms with Crippen LogP contribution in [-0.4, -0.2) is 44.1 Å². The molecule has 29 heavy (non-hydrogen) atoms. The smallest absolute Gasteiger partial charge is 0.192 e. The molecule has 4 nitrogen and oxygen atoms in total. The highest BCUT2D eigenvalue weighted by Crippen LogP contribution is 2.71. The van der Waals surface area contributed by atoms with E-state index in [0.717, 1.165) is 12.8 Å². The molecular formula is C24H42O4Si. The van der Waals surface area contributed by atoms with Crippen molar-refractivity contribution >= 4 is 8.32 Å². The fourth-order valence-electron chi connectivity index (χ4n) is 7.32. The van der Waals surface area contributed by atoms with Crippen molar-refractivity contribution in [3.63, 3.8) is 0 Å². The molecule has 0 aromatic heterocycles. The number of epoxide rings is 1. The molecule has 0 radical (unpaired) electrons. The first-order valence-corrected chi connectivity index (χ1v) is 15.0. The molecule has 3 saturated carbocycles. The van der Waals surface area contributed by atoms with Gasteiger partial charge in [0.25, 0.3) is 0 Å². The summed E-state index contributed by atoms with van der Waals surface area (Å²) in [6, 6.07) is 0. The minimum Gasteiger partial charge on any atom is -0.413 e.